The van der Waals surface area contributed by atoms with Crippen LogP contribution in [0.5, 0.6) is 0 Å². The molecule has 0 radical (unpaired) electrons. The second-order valence-corrected chi connectivity index (χ2v) is 10.6. The number of aromatic nitrogens is 3. The molecule has 200 valence electrons. The third-order valence-electron chi connectivity index (χ3n) is 7.86. The van der Waals surface area contributed by atoms with Gasteiger partial charge in [-0.1, -0.05) is 54.6 Å². The van der Waals surface area contributed by atoms with Gasteiger partial charge in [0.2, 0.25) is 0 Å². The fourth-order valence-corrected chi connectivity index (χ4v) is 5.45. The van der Waals surface area contributed by atoms with Crippen molar-refractivity contribution in [1.29, 1.82) is 0 Å². The van der Waals surface area contributed by atoms with Crippen molar-refractivity contribution in [2.45, 2.75) is 25.9 Å². The number of carbonyl (C=O) groups is 1. The molecule has 2 saturated heterocycles. The topological polar surface area (TPSA) is 100 Å². The van der Waals surface area contributed by atoms with Crippen molar-refractivity contribution in [1.82, 2.24) is 25.0 Å². The first-order valence-electron chi connectivity index (χ1n) is 13.6. The average Bonchev–Trinajstić information content (AvgIpc) is 3.32. The highest BCUT2D eigenvalue weighted by Gasteiger charge is 2.28. The molecule has 2 aromatic heterocycles. The van der Waals surface area contributed by atoms with E-state index in [0.717, 1.165) is 80.4 Å². The number of nitrogens with two attached hydrogens (primary N) is 1. The predicted octanol–water partition coefficient (Wildman–Crippen LogP) is 3.65. The highest BCUT2D eigenvalue weighted by molar-refractivity contribution is 5.98. The molecule has 2 aliphatic heterocycles. The maximum absolute atomic E-state index is 11.7. The molecule has 0 unspecified atom stereocenters. The minimum absolute atomic E-state index is 0.274. The number of aromatic amines is 1. The lowest BCUT2D eigenvalue weighted by molar-refractivity contribution is -0.0774. The number of hydrogen-bond acceptors (Lipinski definition) is 6. The van der Waals surface area contributed by atoms with Gasteiger partial charge in [-0.25, -0.2) is 0 Å². The zero-order valence-corrected chi connectivity index (χ0v) is 22.3. The lowest BCUT2D eigenvalue weighted by Gasteiger charge is -2.42. The summed E-state index contributed by atoms with van der Waals surface area (Å²) in [5.74, 6) is -0.531. The summed E-state index contributed by atoms with van der Waals surface area (Å²) in [5.41, 5.74) is 14.1. The van der Waals surface area contributed by atoms with Crippen molar-refractivity contribution in [3.63, 3.8) is 0 Å². The number of nitrogens with zero attached hydrogens (tertiary/aromatic N) is 4. The van der Waals surface area contributed by atoms with Gasteiger partial charge in [-0.3, -0.25) is 24.7 Å². The molecule has 4 aromatic rings. The van der Waals surface area contributed by atoms with Crippen LogP contribution in [0.25, 0.3) is 22.4 Å². The molecule has 8 heteroatoms. The lowest BCUT2D eigenvalue weighted by Crippen LogP contribution is -2.56. The molecule has 0 atom stereocenters. The standard InChI is InChI=1S/C31H34N6O2/c1-21-29(30(31(32)38)35-34-21)26-9-4-23(5-10-26)16-22-2-7-25(8-3-22)28-11-6-24(17-33-28)18-36-12-14-37(15-13-36)27-19-39-20-27/h2-11,17,27H,12-16,18-20H2,1H3,(H2,32,38)(H,34,35). The van der Waals surface area contributed by atoms with E-state index >= 15 is 0 Å². The molecular formula is C31H34N6O2. The zero-order chi connectivity index (χ0) is 26.8. The van der Waals surface area contributed by atoms with E-state index in [0.29, 0.717) is 6.04 Å². The van der Waals surface area contributed by atoms with Crippen LogP contribution in [0.1, 0.15) is 32.9 Å². The van der Waals surface area contributed by atoms with Gasteiger partial charge in [0.25, 0.3) is 5.91 Å². The Hall–Kier alpha value is -3.85. The summed E-state index contributed by atoms with van der Waals surface area (Å²) < 4.78 is 5.34. The van der Waals surface area contributed by atoms with Crippen LogP contribution >= 0.6 is 0 Å². The molecule has 1 amide bonds. The molecule has 2 aliphatic rings. The second-order valence-electron chi connectivity index (χ2n) is 10.6. The van der Waals surface area contributed by atoms with Crippen molar-refractivity contribution in [3.8, 4) is 22.4 Å². The summed E-state index contributed by atoms with van der Waals surface area (Å²) in [6.07, 6.45) is 2.84. The van der Waals surface area contributed by atoms with Gasteiger partial charge >= 0.3 is 0 Å². The van der Waals surface area contributed by atoms with Crippen molar-refractivity contribution < 1.29 is 9.53 Å². The Morgan fingerprint density at radius 3 is 2.13 bits per heavy atom. The molecule has 0 saturated carbocycles. The number of aryl methyl sites for hydroxylation is 1. The van der Waals surface area contributed by atoms with Gasteiger partial charge in [0.05, 0.1) is 24.9 Å². The van der Waals surface area contributed by atoms with Gasteiger partial charge in [-0.15, -0.1) is 0 Å². The molecule has 8 nitrogen and oxygen atoms in total. The Morgan fingerprint density at radius 2 is 1.56 bits per heavy atom. The van der Waals surface area contributed by atoms with Crippen LogP contribution in [0, 0.1) is 6.92 Å². The van der Waals surface area contributed by atoms with E-state index < -0.39 is 5.91 Å². The van der Waals surface area contributed by atoms with Gasteiger partial charge in [0.15, 0.2) is 5.69 Å². The third kappa shape index (κ3) is 5.63. The SMILES string of the molecule is Cc1[nH]nc(C(N)=O)c1-c1ccc(Cc2ccc(-c3ccc(CN4CCN(C5COC5)CC4)cn3)cc2)cc1. The number of carbonyl (C=O) groups excluding carboxylic acids is 1. The summed E-state index contributed by atoms with van der Waals surface area (Å²) >= 11 is 0. The van der Waals surface area contributed by atoms with E-state index in [1.807, 2.05) is 25.3 Å². The van der Waals surface area contributed by atoms with Gasteiger partial charge < -0.3 is 10.5 Å². The molecular weight excluding hydrogens is 488 g/mol. The van der Waals surface area contributed by atoms with Crippen LogP contribution < -0.4 is 5.73 Å². The van der Waals surface area contributed by atoms with E-state index in [4.69, 9.17) is 15.5 Å². The van der Waals surface area contributed by atoms with Crippen LogP contribution in [-0.2, 0) is 17.7 Å². The number of rotatable bonds is 8. The first-order chi connectivity index (χ1) is 19.0. The van der Waals surface area contributed by atoms with E-state index in [1.54, 1.807) is 0 Å². The highest BCUT2D eigenvalue weighted by atomic mass is 16.5. The van der Waals surface area contributed by atoms with E-state index in [9.17, 15) is 4.79 Å². The van der Waals surface area contributed by atoms with Crippen molar-refractivity contribution in [3.05, 3.63) is 94.9 Å². The fourth-order valence-electron chi connectivity index (χ4n) is 5.45. The molecule has 39 heavy (non-hydrogen) atoms. The predicted molar refractivity (Wildman–Crippen MR) is 151 cm³/mol. The van der Waals surface area contributed by atoms with E-state index in [1.165, 1.54) is 16.7 Å². The number of amides is 1. The Kier molecular flexibility index (Phi) is 7.24. The maximum Gasteiger partial charge on any atom is 0.269 e. The van der Waals surface area contributed by atoms with Gasteiger partial charge in [-0.05, 0) is 41.7 Å². The lowest BCUT2D eigenvalue weighted by atomic mass is 9.98. The van der Waals surface area contributed by atoms with Gasteiger partial charge in [0, 0.05) is 55.7 Å². The monoisotopic (exact) mass is 522 g/mol. The average molecular weight is 523 g/mol. The number of benzene rings is 2. The van der Waals surface area contributed by atoms with Crippen molar-refractivity contribution >= 4 is 5.91 Å². The summed E-state index contributed by atoms with van der Waals surface area (Å²) in [6, 6.07) is 21.8. The molecule has 0 bridgehead atoms. The molecule has 2 fully saturated rings. The number of ether oxygens (including phenoxy) is 1. The highest BCUT2D eigenvalue weighted by Crippen LogP contribution is 2.27. The third-order valence-corrected chi connectivity index (χ3v) is 7.86. The maximum atomic E-state index is 11.7. The summed E-state index contributed by atoms with van der Waals surface area (Å²) in [6.45, 7) is 9.07. The summed E-state index contributed by atoms with van der Waals surface area (Å²) in [4.78, 5) is 21.5. The smallest absolute Gasteiger partial charge is 0.269 e. The van der Waals surface area contributed by atoms with E-state index in [2.05, 4.69) is 68.5 Å². The number of piperazine rings is 1. The summed E-state index contributed by atoms with van der Waals surface area (Å²) in [5, 5.41) is 6.90. The Labute approximate surface area is 228 Å². The molecule has 0 spiro atoms. The Morgan fingerprint density at radius 1 is 0.923 bits per heavy atom. The normalized spacial score (nSPS) is 16.7. The van der Waals surface area contributed by atoms with Crippen molar-refractivity contribution in [2.24, 2.45) is 5.73 Å². The fraction of sp³-hybridized carbons (Fsp3) is 0.323. The minimum atomic E-state index is -0.531. The van der Waals surface area contributed by atoms with Crippen LogP contribution in [0.2, 0.25) is 0 Å². The first-order valence-corrected chi connectivity index (χ1v) is 13.6. The quantitative estimate of drug-likeness (QED) is 0.366. The molecule has 3 N–H and O–H groups in total. The molecule has 2 aromatic carbocycles. The van der Waals surface area contributed by atoms with Crippen molar-refractivity contribution in [2.75, 3.05) is 39.4 Å². The summed E-state index contributed by atoms with van der Waals surface area (Å²) in [7, 11) is 0. The Balaban J connectivity index is 1.04. The molecule has 6 rings (SSSR count). The van der Waals surface area contributed by atoms with Crippen LogP contribution in [0.3, 0.4) is 0 Å². The first kappa shape index (κ1) is 25.4. The van der Waals surface area contributed by atoms with Crippen LogP contribution in [-0.4, -0.2) is 76.3 Å². The minimum Gasteiger partial charge on any atom is -0.378 e. The second kappa shape index (κ2) is 11.1. The van der Waals surface area contributed by atoms with Crippen LogP contribution in [0.15, 0.2) is 66.9 Å². The number of hydrogen-bond donors (Lipinski definition) is 2. The largest absolute Gasteiger partial charge is 0.378 e. The number of primary amides is 1. The molecule has 0 aliphatic carbocycles. The zero-order valence-electron chi connectivity index (χ0n) is 22.3. The molecule has 4 heterocycles. The van der Waals surface area contributed by atoms with Gasteiger partial charge in [0.1, 0.15) is 0 Å². The Bertz CT molecular complexity index is 1420. The number of pyridine rings is 1. The van der Waals surface area contributed by atoms with E-state index in [-0.39, 0.29) is 5.69 Å². The number of H-pyrrole nitrogens is 1. The number of nitrogens with one attached hydrogen (secondary N) is 1. The van der Waals surface area contributed by atoms with Gasteiger partial charge in [-0.2, -0.15) is 5.10 Å². The van der Waals surface area contributed by atoms with Crippen LogP contribution in [0.4, 0.5) is 0 Å².